The van der Waals surface area contributed by atoms with Crippen LogP contribution in [0.5, 0.6) is 0 Å². The van der Waals surface area contributed by atoms with Crippen molar-refractivity contribution < 1.29 is 4.79 Å². The molecule has 2 N–H and O–H groups in total. The van der Waals surface area contributed by atoms with Crippen LogP contribution in [0.15, 0.2) is 15.3 Å². The summed E-state index contributed by atoms with van der Waals surface area (Å²) in [4.78, 5) is 10.4. The number of nitrogens with two attached hydrogens (primary N) is 1. The number of primary amides is 1. The quantitative estimate of drug-likeness (QED) is 0.913. The van der Waals surface area contributed by atoms with Crippen molar-refractivity contribution in [2.45, 2.75) is 13.0 Å². The van der Waals surface area contributed by atoms with Crippen molar-refractivity contribution >= 4 is 37.8 Å². The molecule has 0 aliphatic rings. The molecular weight excluding hydrogens is 290 g/mol. The second-order valence-electron chi connectivity index (χ2n) is 2.23. The van der Waals surface area contributed by atoms with Gasteiger partial charge in [0, 0.05) is 12.5 Å². The zero-order valence-corrected chi connectivity index (χ0v) is 9.30. The smallest absolute Gasteiger partial charge is 0.219 e. The van der Waals surface area contributed by atoms with Crippen LogP contribution in [0.1, 0.15) is 6.42 Å². The Balaban J connectivity index is 2.62. The highest BCUT2D eigenvalue weighted by molar-refractivity contribution is 9.11. The number of carbonyl (C=O) groups is 1. The SMILES string of the molecule is NC(=O)CCn1nc(Br)cc1Br. The van der Waals surface area contributed by atoms with E-state index in [0.717, 1.165) is 9.21 Å². The largest absolute Gasteiger partial charge is 0.370 e. The Morgan fingerprint density at radius 1 is 1.67 bits per heavy atom. The van der Waals surface area contributed by atoms with Crippen molar-refractivity contribution in [3.05, 3.63) is 15.3 Å². The lowest BCUT2D eigenvalue weighted by atomic mass is 10.4. The molecule has 1 aromatic rings. The number of rotatable bonds is 3. The molecule has 66 valence electrons. The zero-order valence-electron chi connectivity index (χ0n) is 6.13. The molecule has 1 rings (SSSR count). The summed E-state index contributed by atoms with van der Waals surface area (Å²) in [7, 11) is 0. The van der Waals surface area contributed by atoms with E-state index < -0.39 is 0 Å². The van der Waals surface area contributed by atoms with Crippen LogP contribution in [0.2, 0.25) is 0 Å². The van der Waals surface area contributed by atoms with Gasteiger partial charge >= 0.3 is 0 Å². The van der Waals surface area contributed by atoms with Gasteiger partial charge in [0.25, 0.3) is 0 Å². The number of nitrogens with zero attached hydrogens (tertiary/aromatic N) is 2. The van der Waals surface area contributed by atoms with Crippen molar-refractivity contribution in [1.29, 1.82) is 0 Å². The molecule has 0 saturated heterocycles. The third kappa shape index (κ3) is 2.60. The number of aryl methyl sites for hydroxylation is 1. The average molecular weight is 297 g/mol. The molecule has 1 heterocycles. The molecule has 0 spiro atoms. The van der Waals surface area contributed by atoms with Crippen LogP contribution in [0.25, 0.3) is 0 Å². The standard InChI is InChI=1S/C6H7Br2N3O/c7-4-3-5(8)11(10-4)2-1-6(9)12/h3H,1-2H2,(H2,9,12). The molecule has 0 atom stereocenters. The van der Waals surface area contributed by atoms with Gasteiger partial charge < -0.3 is 5.73 Å². The number of amides is 1. The Bertz CT molecular complexity index is 297. The Kier molecular flexibility index (Phi) is 3.28. The van der Waals surface area contributed by atoms with E-state index in [9.17, 15) is 4.79 Å². The molecule has 4 nitrogen and oxygen atoms in total. The zero-order chi connectivity index (χ0) is 9.14. The summed E-state index contributed by atoms with van der Waals surface area (Å²) in [6.07, 6.45) is 0.298. The molecule has 12 heavy (non-hydrogen) atoms. The molecular formula is C6H7Br2N3O. The molecule has 0 aliphatic heterocycles. The van der Waals surface area contributed by atoms with Crippen molar-refractivity contribution in [3.8, 4) is 0 Å². The highest BCUT2D eigenvalue weighted by Crippen LogP contribution is 2.16. The molecule has 0 fully saturated rings. The molecule has 0 bridgehead atoms. The minimum absolute atomic E-state index is 0.298. The molecule has 1 aromatic heterocycles. The maximum absolute atomic E-state index is 10.4. The number of halogens is 2. The van der Waals surface area contributed by atoms with Crippen molar-refractivity contribution in [1.82, 2.24) is 9.78 Å². The number of carbonyl (C=O) groups excluding carboxylic acids is 1. The third-order valence-corrected chi connectivity index (χ3v) is 2.30. The fourth-order valence-electron chi connectivity index (χ4n) is 0.738. The summed E-state index contributed by atoms with van der Waals surface area (Å²) in [6.45, 7) is 0.502. The van der Waals surface area contributed by atoms with Gasteiger partial charge in [0.2, 0.25) is 5.91 Å². The van der Waals surface area contributed by atoms with Gasteiger partial charge in [0.05, 0.1) is 6.54 Å². The first-order valence-corrected chi connectivity index (χ1v) is 4.85. The summed E-state index contributed by atoms with van der Waals surface area (Å²) in [6, 6.07) is 1.81. The highest BCUT2D eigenvalue weighted by Gasteiger charge is 2.03. The van der Waals surface area contributed by atoms with Crippen LogP contribution < -0.4 is 5.73 Å². The number of hydrogen-bond acceptors (Lipinski definition) is 2. The van der Waals surface area contributed by atoms with Crippen molar-refractivity contribution in [2.24, 2.45) is 5.73 Å². The van der Waals surface area contributed by atoms with E-state index in [-0.39, 0.29) is 5.91 Å². The molecule has 0 saturated carbocycles. The van der Waals surface area contributed by atoms with E-state index in [4.69, 9.17) is 5.73 Å². The molecule has 0 unspecified atom stereocenters. The van der Waals surface area contributed by atoms with E-state index in [2.05, 4.69) is 37.0 Å². The minimum atomic E-state index is -0.325. The van der Waals surface area contributed by atoms with Gasteiger partial charge in [-0.2, -0.15) is 5.10 Å². The lowest BCUT2D eigenvalue weighted by molar-refractivity contribution is -0.118. The topological polar surface area (TPSA) is 60.9 Å². The van der Waals surface area contributed by atoms with Crippen LogP contribution >= 0.6 is 31.9 Å². The Labute approximate surface area is 86.4 Å². The Hall–Kier alpha value is -0.360. The van der Waals surface area contributed by atoms with Crippen LogP contribution in [-0.4, -0.2) is 15.7 Å². The van der Waals surface area contributed by atoms with Crippen molar-refractivity contribution in [3.63, 3.8) is 0 Å². The molecule has 0 radical (unpaired) electrons. The lowest BCUT2D eigenvalue weighted by Gasteiger charge is -1.99. The summed E-state index contributed by atoms with van der Waals surface area (Å²) < 4.78 is 3.23. The van der Waals surface area contributed by atoms with Gasteiger partial charge in [0.15, 0.2) is 0 Å². The summed E-state index contributed by atoms with van der Waals surface area (Å²) in [5.41, 5.74) is 4.99. The van der Waals surface area contributed by atoms with Crippen LogP contribution in [0, 0.1) is 0 Å². The van der Waals surface area contributed by atoms with E-state index in [1.165, 1.54) is 0 Å². The van der Waals surface area contributed by atoms with Gasteiger partial charge in [-0.3, -0.25) is 9.48 Å². The molecule has 0 aliphatic carbocycles. The van der Waals surface area contributed by atoms with Gasteiger partial charge in [-0.15, -0.1) is 0 Å². The predicted molar refractivity (Wildman–Crippen MR) is 51.4 cm³/mol. The third-order valence-electron chi connectivity index (χ3n) is 1.27. The monoisotopic (exact) mass is 295 g/mol. The maximum Gasteiger partial charge on any atom is 0.219 e. The van der Waals surface area contributed by atoms with E-state index >= 15 is 0 Å². The average Bonchev–Trinajstić information content (AvgIpc) is 2.26. The van der Waals surface area contributed by atoms with Crippen LogP contribution in [-0.2, 0) is 11.3 Å². The first-order chi connectivity index (χ1) is 5.59. The van der Waals surface area contributed by atoms with Gasteiger partial charge in [-0.1, -0.05) is 0 Å². The highest BCUT2D eigenvalue weighted by atomic mass is 79.9. The summed E-state index contributed by atoms with van der Waals surface area (Å²) >= 11 is 6.50. The van der Waals surface area contributed by atoms with Gasteiger partial charge in [-0.05, 0) is 31.9 Å². The van der Waals surface area contributed by atoms with Crippen LogP contribution in [0.3, 0.4) is 0 Å². The predicted octanol–water partition coefficient (Wildman–Crippen LogP) is 1.28. The van der Waals surface area contributed by atoms with E-state index in [1.54, 1.807) is 10.7 Å². The summed E-state index contributed by atoms with van der Waals surface area (Å²) in [5, 5.41) is 4.06. The fourth-order valence-corrected chi connectivity index (χ4v) is 1.93. The first kappa shape index (κ1) is 9.73. The Morgan fingerprint density at radius 2 is 2.33 bits per heavy atom. The lowest BCUT2D eigenvalue weighted by Crippen LogP contribution is -2.14. The maximum atomic E-state index is 10.4. The van der Waals surface area contributed by atoms with Crippen molar-refractivity contribution in [2.75, 3.05) is 0 Å². The normalized spacial score (nSPS) is 10.2. The molecule has 1 amide bonds. The van der Waals surface area contributed by atoms with Crippen LogP contribution in [0.4, 0.5) is 0 Å². The molecule has 6 heteroatoms. The summed E-state index contributed by atoms with van der Waals surface area (Å²) in [5.74, 6) is -0.325. The number of hydrogen-bond donors (Lipinski definition) is 1. The van der Waals surface area contributed by atoms with Gasteiger partial charge in [-0.25, -0.2) is 0 Å². The molecule has 0 aromatic carbocycles. The van der Waals surface area contributed by atoms with E-state index in [1.807, 2.05) is 0 Å². The first-order valence-electron chi connectivity index (χ1n) is 3.27. The fraction of sp³-hybridized carbons (Fsp3) is 0.333. The number of aromatic nitrogens is 2. The Morgan fingerprint density at radius 3 is 2.75 bits per heavy atom. The van der Waals surface area contributed by atoms with Gasteiger partial charge in [0.1, 0.15) is 9.21 Å². The minimum Gasteiger partial charge on any atom is -0.370 e. The second kappa shape index (κ2) is 4.04. The van der Waals surface area contributed by atoms with E-state index in [0.29, 0.717) is 13.0 Å². The second-order valence-corrected chi connectivity index (χ2v) is 3.85.